The minimum absolute atomic E-state index is 0.0389. The maximum atomic E-state index is 13.8. The van der Waals surface area contributed by atoms with Gasteiger partial charge in [-0.1, -0.05) is 67.6 Å². The maximum Gasteiger partial charge on any atom is 0.264 e. The van der Waals surface area contributed by atoms with Crippen molar-refractivity contribution in [1.82, 2.24) is 10.2 Å². The van der Waals surface area contributed by atoms with Gasteiger partial charge in [0.2, 0.25) is 11.8 Å². The van der Waals surface area contributed by atoms with Gasteiger partial charge in [-0.15, -0.1) is 0 Å². The first-order valence-electron chi connectivity index (χ1n) is 12.1. The smallest absolute Gasteiger partial charge is 0.264 e. The highest BCUT2D eigenvalue weighted by Gasteiger charge is 2.33. The molecule has 3 aromatic carbocycles. The predicted octanol–water partition coefficient (Wildman–Crippen LogP) is 3.83. The zero-order valence-corrected chi connectivity index (χ0v) is 22.1. The van der Waals surface area contributed by atoms with Crippen LogP contribution in [0.3, 0.4) is 0 Å². The average molecular weight is 524 g/mol. The Balaban J connectivity index is 2.03. The lowest BCUT2D eigenvalue weighted by Crippen LogP contribution is -2.51. The molecule has 2 amide bonds. The highest BCUT2D eigenvalue weighted by molar-refractivity contribution is 7.92. The fourth-order valence-electron chi connectivity index (χ4n) is 3.83. The molecule has 1 unspecified atom stereocenters. The molecule has 0 fully saturated rings. The Morgan fingerprint density at radius 1 is 0.919 bits per heavy atom. The minimum Gasteiger partial charge on any atom is -0.495 e. The number of carbonyl (C=O) groups is 2. The van der Waals surface area contributed by atoms with Gasteiger partial charge in [0.05, 0.1) is 17.7 Å². The summed E-state index contributed by atoms with van der Waals surface area (Å²) in [5.41, 5.74) is 1.05. The van der Waals surface area contributed by atoms with E-state index in [-0.39, 0.29) is 23.0 Å². The molecule has 3 aromatic rings. The van der Waals surface area contributed by atoms with Gasteiger partial charge in [-0.2, -0.15) is 0 Å². The molecule has 196 valence electrons. The molecule has 0 radical (unpaired) electrons. The second-order valence-electron chi connectivity index (χ2n) is 8.47. The van der Waals surface area contributed by atoms with Gasteiger partial charge in [0.1, 0.15) is 18.3 Å². The number of para-hydroxylation sites is 2. The van der Waals surface area contributed by atoms with Crippen molar-refractivity contribution in [2.24, 2.45) is 0 Å². The molecule has 0 aliphatic carbocycles. The number of sulfonamides is 1. The van der Waals surface area contributed by atoms with E-state index in [4.69, 9.17) is 4.74 Å². The average Bonchev–Trinajstić information content (AvgIpc) is 2.93. The Morgan fingerprint density at radius 3 is 2.14 bits per heavy atom. The van der Waals surface area contributed by atoms with E-state index in [2.05, 4.69) is 5.32 Å². The summed E-state index contributed by atoms with van der Waals surface area (Å²) < 4.78 is 34.0. The largest absolute Gasteiger partial charge is 0.495 e. The molecule has 0 aromatic heterocycles. The van der Waals surface area contributed by atoms with Crippen LogP contribution in [0.5, 0.6) is 5.75 Å². The van der Waals surface area contributed by atoms with Crippen LogP contribution in [0.15, 0.2) is 89.8 Å². The van der Waals surface area contributed by atoms with Crippen molar-refractivity contribution in [2.75, 3.05) is 24.5 Å². The summed E-state index contributed by atoms with van der Waals surface area (Å²) in [5.74, 6) is -0.521. The van der Waals surface area contributed by atoms with E-state index >= 15 is 0 Å². The molecule has 1 atom stereocenters. The van der Waals surface area contributed by atoms with Gasteiger partial charge in [0.25, 0.3) is 10.0 Å². The molecule has 3 rings (SSSR count). The number of hydrogen-bond donors (Lipinski definition) is 1. The monoisotopic (exact) mass is 523 g/mol. The van der Waals surface area contributed by atoms with Gasteiger partial charge in [0.15, 0.2) is 0 Å². The third kappa shape index (κ3) is 6.89. The standard InChI is InChI=1S/C28H33N3O5S/c1-4-19-29-28(33)22(2)30(20-23-13-7-5-8-14-23)27(32)21-31(25-17-11-12-18-26(25)36-3)37(34,35)24-15-9-6-10-16-24/h5-18,22H,4,19-21H2,1-3H3,(H,29,33). The number of benzene rings is 3. The summed E-state index contributed by atoms with van der Waals surface area (Å²) in [6, 6.07) is 23.0. The quantitative estimate of drug-likeness (QED) is 0.389. The summed E-state index contributed by atoms with van der Waals surface area (Å²) in [5, 5.41) is 2.83. The van der Waals surface area contributed by atoms with Crippen molar-refractivity contribution in [3.63, 3.8) is 0 Å². The number of hydrogen-bond acceptors (Lipinski definition) is 5. The first-order chi connectivity index (χ1) is 17.8. The van der Waals surface area contributed by atoms with E-state index in [1.165, 1.54) is 24.1 Å². The zero-order chi connectivity index (χ0) is 26.8. The molecule has 0 aliphatic rings. The molecule has 0 heterocycles. The molecule has 8 nitrogen and oxygen atoms in total. The molecule has 0 saturated carbocycles. The lowest BCUT2D eigenvalue weighted by Gasteiger charge is -2.32. The molecular formula is C28H33N3O5S. The van der Waals surface area contributed by atoms with Crippen LogP contribution < -0.4 is 14.4 Å². The molecule has 1 N–H and O–H groups in total. The van der Waals surface area contributed by atoms with Crippen molar-refractivity contribution < 1.29 is 22.7 Å². The fourth-order valence-corrected chi connectivity index (χ4v) is 5.27. The highest BCUT2D eigenvalue weighted by Crippen LogP contribution is 2.32. The van der Waals surface area contributed by atoms with Gasteiger partial charge in [-0.25, -0.2) is 8.42 Å². The normalized spacial score (nSPS) is 11.9. The topological polar surface area (TPSA) is 96.0 Å². The zero-order valence-electron chi connectivity index (χ0n) is 21.3. The Kier molecular flexibility index (Phi) is 9.68. The Bertz CT molecular complexity index is 1280. The van der Waals surface area contributed by atoms with Crippen molar-refractivity contribution in [3.05, 3.63) is 90.5 Å². The van der Waals surface area contributed by atoms with Crippen molar-refractivity contribution in [3.8, 4) is 5.75 Å². The van der Waals surface area contributed by atoms with Gasteiger partial charge in [-0.3, -0.25) is 13.9 Å². The SMILES string of the molecule is CCCNC(=O)C(C)N(Cc1ccccc1)C(=O)CN(c1ccccc1OC)S(=O)(=O)c1ccccc1. The van der Waals surface area contributed by atoms with Crippen LogP contribution in [0.4, 0.5) is 5.69 Å². The van der Waals surface area contributed by atoms with E-state index in [0.717, 1.165) is 16.3 Å². The van der Waals surface area contributed by atoms with Crippen LogP contribution in [-0.2, 0) is 26.2 Å². The molecule has 9 heteroatoms. The van der Waals surface area contributed by atoms with Crippen LogP contribution in [0.25, 0.3) is 0 Å². The lowest BCUT2D eigenvalue weighted by atomic mass is 10.1. The van der Waals surface area contributed by atoms with Crippen LogP contribution >= 0.6 is 0 Å². The minimum atomic E-state index is -4.14. The first-order valence-corrected chi connectivity index (χ1v) is 13.6. The number of carbonyl (C=O) groups excluding carboxylic acids is 2. The number of anilines is 1. The lowest BCUT2D eigenvalue weighted by molar-refractivity contribution is -0.139. The summed E-state index contributed by atoms with van der Waals surface area (Å²) in [4.78, 5) is 28.1. The highest BCUT2D eigenvalue weighted by atomic mass is 32.2. The summed E-state index contributed by atoms with van der Waals surface area (Å²) >= 11 is 0. The van der Waals surface area contributed by atoms with Crippen LogP contribution in [-0.4, -0.2) is 51.4 Å². The van der Waals surface area contributed by atoms with Gasteiger partial charge in [0, 0.05) is 13.1 Å². The number of nitrogens with one attached hydrogen (secondary N) is 1. The van der Waals surface area contributed by atoms with Crippen LogP contribution in [0.1, 0.15) is 25.8 Å². The predicted molar refractivity (Wildman–Crippen MR) is 144 cm³/mol. The molecule has 0 spiro atoms. The number of rotatable bonds is 12. The van der Waals surface area contributed by atoms with Crippen molar-refractivity contribution in [2.45, 2.75) is 37.8 Å². The molecule has 0 saturated heterocycles. The third-order valence-electron chi connectivity index (χ3n) is 5.88. The van der Waals surface area contributed by atoms with E-state index in [9.17, 15) is 18.0 Å². The molecule has 0 aliphatic heterocycles. The van der Waals surface area contributed by atoms with Gasteiger partial charge < -0.3 is 15.0 Å². The second-order valence-corrected chi connectivity index (χ2v) is 10.3. The third-order valence-corrected chi connectivity index (χ3v) is 7.65. The van der Waals surface area contributed by atoms with Crippen LogP contribution in [0.2, 0.25) is 0 Å². The van der Waals surface area contributed by atoms with E-state index < -0.39 is 28.5 Å². The van der Waals surface area contributed by atoms with E-state index in [1.54, 1.807) is 49.4 Å². The van der Waals surface area contributed by atoms with Crippen LogP contribution in [0, 0.1) is 0 Å². The number of amides is 2. The maximum absolute atomic E-state index is 13.8. The summed E-state index contributed by atoms with van der Waals surface area (Å²) in [6.07, 6.45) is 0.752. The second kappa shape index (κ2) is 12.9. The Labute approximate surface area is 218 Å². The van der Waals surface area contributed by atoms with Gasteiger partial charge in [-0.05, 0) is 43.2 Å². The summed E-state index contributed by atoms with van der Waals surface area (Å²) in [7, 11) is -2.70. The number of methoxy groups -OCH3 is 1. The van der Waals surface area contributed by atoms with E-state index in [1.807, 2.05) is 37.3 Å². The molecule has 0 bridgehead atoms. The molecular weight excluding hydrogens is 490 g/mol. The van der Waals surface area contributed by atoms with E-state index in [0.29, 0.717) is 12.3 Å². The van der Waals surface area contributed by atoms with Crippen molar-refractivity contribution >= 4 is 27.5 Å². The Morgan fingerprint density at radius 2 is 1.51 bits per heavy atom. The number of nitrogens with zero attached hydrogens (tertiary/aromatic N) is 2. The number of ether oxygens (including phenoxy) is 1. The first kappa shape index (κ1) is 27.7. The molecule has 37 heavy (non-hydrogen) atoms. The van der Waals surface area contributed by atoms with Gasteiger partial charge >= 0.3 is 0 Å². The van der Waals surface area contributed by atoms with Crippen molar-refractivity contribution in [1.29, 1.82) is 0 Å². The summed E-state index contributed by atoms with van der Waals surface area (Å²) in [6.45, 7) is 3.69. The Hall–Kier alpha value is -3.85. The fraction of sp³-hybridized carbons (Fsp3) is 0.286.